The molecular weight excluding hydrogens is 250 g/mol. The fraction of sp³-hybridized carbons (Fsp3) is 0.154. The lowest BCUT2D eigenvalue weighted by molar-refractivity contribution is 0.395. The lowest BCUT2D eigenvalue weighted by Crippen LogP contribution is -1.98. The molecule has 1 aromatic heterocycles. The molecule has 5 heteroatoms. The molecule has 0 spiro atoms. The van der Waals surface area contributed by atoms with Crippen molar-refractivity contribution in [3.8, 4) is 5.88 Å². The minimum absolute atomic E-state index is 0.583. The summed E-state index contributed by atoms with van der Waals surface area (Å²) >= 11 is 6.11. The molecule has 0 bridgehead atoms. The molecule has 18 heavy (non-hydrogen) atoms. The van der Waals surface area contributed by atoms with E-state index in [2.05, 4.69) is 10.3 Å². The summed E-state index contributed by atoms with van der Waals surface area (Å²) < 4.78 is 5.17. The van der Waals surface area contributed by atoms with E-state index in [1.165, 1.54) is 0 Å². The van der Waals surface area contributed by atoms with Crippen molar-refractivity contribution in [2.75, 3.05) is 18.2 Å². The van der Waals surface area contributed by atoms with Gasteiger partial charge in [-0.15, -0.1) is 0 Å². The van der Waals surface area contributed by atoms with Crippen LogP contribution in [0.1, 0.15) is 5.56 Å². The Morgan fingerprint density at radius 1 is 1.28 bits per heavy atom. The second-order valence-electron chi connectivity index (χ2n) is 3.86. The molecule has 0 saturated heterocycles. The van der Waals surface area contributed by atoms with E-state index in [-0.39, 0.29) is 0 Å². The zero-order valence-corrected chi connectivity index (χ0v) is 11.0. The third-order valence-electron chi connectivity index (χ3n) is 2.61. The number of nitrogens with zero attached hydrogens (tertiary/aromatic N) is 1. The highest BCUT2D eigenvalue weighted by atomic mass is 35.5. The molecule has 0 aliphatic heterocycles. The van der Waals surface area contributed by atoms with Crippen LogP contribution in [0.25, 0.3) is 0 Å². The average Bonchev–Trinajstić information content (AvgIpc) is 2.36. The van der Waals surface area contributed by atoms with Gasteiger partial charge in [-0.2, -0.15) is 0 Å². The summed E-state index contributed by atoms with van der Waals surface area (Å²) in [5.74, 6) is 0.583. The van der Waals surface area contributed by atoms with Crippen molar-refractivity contribution in [3.63, 3.8) is 0 Å². The van der Waals surface area contributed by atoms with Crippen LogP contribution in [0.15, 0.2) is 30.5 Å². The monoisotopic (exact) mass is 263 g/mol. The standard InChI is InChI=1S/C13H14ClN3O/c1-8-11(5-6-16-13(8)18-2)17-12-7-9(15)3-4-10(12)14/h3-7H,15H2,1-2H3,(H,16,17). The molecule has 1 heterocycles. The van der Waals surface area contributed by atoms with E-state index in [0.29, 0.717) is 16.6 Å². The van der Waals surface area contributed by atoms with Gasteiger partial charge in [0.25, 0.3) is 0 Å². The van der Waals surface area contributed by atoms with Gasteiger partial charge in [0.1, 0.15) is 0 Å². The van der Waals surface area contributed by atoms with E-state index in [1.54, 1.807) is 31.5 Å². The van der Waals surface area contributed by atoms with Crippen molar-refractivity contribution in [1.29, 1.82) is 0 Å². The van der Waals surface area contributed by atoms with Gasteiger partial charge in [-0.1, -0.05) is 11.6 Å². The number of nitrogen functional groups attached to an aromatic ring is 1. The number of anilines is 3. The zero-order chi connectivity index (χ0) is 13.1. The van der Waals surface area contributed by atoms with Crippen LogP contribution in [-0.4, -0.2) is 12.1 Å². The molecule has 0 aliphatic rings. The van der Waals surface area contributed by atoms with Crippen LogP contribution in [0.3, 0.4) is 0 Å². The van der Waals surface area contributed by atoms with Crippen molar-refractivity contribution in [2.45, 2.75) is 6.92 Å². The quantitative estimate of drug-likeness (QED) is 0.834. The molecule has 0 aliphatic carbocycles. The van der Waals surface area contributed by atoms with E-state index in [9.17, 15) is 0 Å². The maximum atomic E-state index is 6.11. The minimum atomic E-state index is 0.583. The number of hydrogen-bond acceptors (Lipinski definition) is 4. The first-order chi connectivity index (χ1) is 8.61. The van der Waals surface area contributed by atoms with Gasteiger partial charge in [0, 0.05) is 23.1 Å². The van der Waals surface area contributed by atoms with Crippen molar-refractivity contribution in [3.05, 3.63) is 41.0 Å². The molecule has 2 rings (SSSR count). The molecule has 0 amide bonds. The van der Waals surface area contributed by atoms with Gasteiger partial charge in [0.2, 0.25) is 5.88 Å². The summed E-state index contributed by atoms with van der Waals surface area (Å²) in [5.41, 5.74) is 8.95. The Morgan fingerprint density at radius 2 is 2.06 bits per heavy atom. The Morgan fingerprint density at radius 3 is 2.78 bits per heavy atom. The van der Waals surface area contributed by atoms with Crippen LogP contribution in [0.5, 0.6) is 5.88 Å². The number of nitrogens with two attached hydrogens (primary N) is 1. The Kier molecular flexibility index (Phi) is 3.58. The van der Waals surface area contributed by atoms with E-state index < -0.39 is 0 Å². The van der Waals surface area contributed by atoms with E-state index in [4.69, 9.17) is 22.1 Å². The third kappa shape index (κ3) is 2.49. The maximum Gasteiger partial charge on any atom is 0.218 e. The number of halogens is 1. The highest BCUT2D eigenvalue weighted by Crippen LogP contribution is 2.30. The summed E-state index contributed by atoms with van der Waals surface area (Å²) in [6.07, 6.45) is 1.67. The predicted molar refractivity (Wildman–Crippen MR) is 74.7 cm³/mol. The zero-order valence-electron chi connectivity index (χ0n) is 10.2. The first-order valence-corrected chi connectivity index (χ1v) is 5.81. The second-order valence-corrected chi connectivity index (χ2v) is 4.26. The third-order valence-corrected chi connectivity index (χ3v) is 2.94. The highest BCUT2D eigenvalue weighted by Gasteiger charge is 2.07. The van der Waals surface area contributed by atoms with E-state index in [1.807, 2.05) is 13.0 Å². The SMILES string of the molecule is COc1nccc(Nc2cc(N)ccc2Cl)c1C. The predicted octanol–water partition coefficient (Wildman–Crippen LogP) is 3.38. The van der Waals surface area contributed by atoms with Crippen LogP contribution in [0.2, 0.25) is 5.02 Å². The number of benzene rings is 1. The summed E-state index contributed by atoms with van der Waals surface area (Å²) in [5, 5.41) is 3.83. The Labute approximate surface area is 111 Å². The number of rotatable bonds is 3. The van der Waals surface area contributed by atoms with E-state index >= 15 is 0 Å². The van der Waals surface area contributed by atoms with Crippen molar-refractivity contribution >= 4 is 28.7 Å². The van der Waals surface area contributed by atoms with Crippen molar-refractivity contribution < 1.29 is 4.74 Å². The number of aromatic nitrogens is 1. The van der Waals surface area contributed by atoms with Crippen LogP contribution < -0.4 is 15.8 Å². The first-order valence-electron chi connectivity index (χ1n) is 5.43. The fourth-order valence-corrected chi connectivity index (χ4v) is 1.81. The molecular formula is C13H14ClN3O. The number of pyridine rings is 1. The highest BCUT2D eigenvalue weighted by molar-refractivity contribution is 6.33. The van der Waals surface area contributed by atoms with Gasteiger partial charge >= 0.3 is 0 Å². The van der Waals surface area contributed by atoms with Gasteiger partial charge in [0.05, 0.1) is 17.8 Å². The normalized spacial score (nSPS) is 10.2. The first kappa shape index (κ1) is 12.5. The lowest BCUT2D eigenvalue weighted by atomic mass is 10.2. The average molecular weight is 264 g/mol. The molecule has 2 aromatic rings. The molecule has 3 N–H and O–H groups in total. The largest absolute Gasteiger partial charge is 0.481 e. The Balaban J connectivity index is 2.37. The van der Waals surface area contributed by atoms with Crippen molar-refractivity contribution in [1.82, 2.24) is 4.98 Å². The Hall–Kier alpha value is -1.94. The van der Waals surface area contributed by atoms with Crippen LogP contribution in [0, 0.1) is 6.92 Å². The molecule has 4 nitrogen and oxygen atoms in total. The summed E-state index contributed by atoms with van der Waals surface area (Å²) in [7, 11) is 1.59. The van der Waals surface area contributed by atoms with Crippen molar-refractivity contribution in [2.24, 2.45) is 0 Å². The van der Waals surface area contributed by atoms with Gasteiger partial charge in [-0.05, 0) is 31.2 Å². The number of hydrogen-bond donors (Lipinski definition) is 2. The molecule has 0 atom stereocenters. The topological polar surface area (TPSA) is 60.2 Å². The van der Waals surface area contributed by atoms with E-state index in [0.717, 1.165) is 16.9 Å². The molecule has 94 valence electrons. The smallest absolute Gasteiger partial charge is 0.218 e. The molecule has 0 fully saturated rings. The van der Waals surface area contributed by atoms with Gasteiger partial charge in [-0.3, -0.25) is 0 Å². The minimum Gasteiger partial charge on any atom is -0.481 e. The lowest BCUT2D eigenvalue weighted by Gasteiger charge is -2.13. The van der Waals surface area contributed by atoms with Crippen LogP contribution in [-0.2, 0) is 0 Å². The summed E-state index contributed by atoms with van der Waals surface area (Å²) in [4.78, 5) is 4.12. The number of ether oxygens (including phenoxy) is 1. The summed E-state index contributed by atoms with van der Waals surface area (Å²) in [6, 6.07) is 7.16. The summed E-state index contributed by atoms with van der Waals surface area (Å²) in [6.45, 7) is 1.92. The van der Waals surface area contributed by atoms with Gasteiger partial charge < -0.3 is 15.8 Å². The second kappa shape index (κ2) is 5.14. The Bertz CT molecular complexity index is 572. The molecule has 0 unspecified atom stereocenters. The van der Waals surface area contributed by atoms with Gasteiger partial charge in [-0.25, -0.2) is 4.98 Å². The fourth-order valence-electron chi connectivity index (χ4n) is 1.64. The number of nitrogens with one attached hydrogen (secondary N) is 1. The molecule has 0 saturated carbocycles. The van der Waals surface area contributed by atoms with Crippen LogP contribution >= 0.6 is 11.6 Å². The number of methoxy groups -OCH3 is 1. The molecule has 1 aromatic carbocycles. The van der Waals surface area contributed by atoms with Gasteiger partial charge in [0.15, 0.2) is 0 Å². The molecule has 0 radical (unpaired) electrons. The maximum absolute atomic E-state index is 6.11. The van der Waals surface area contributed by atoms with Crippen LogP contribution in [0.4, 0.5) is 17.1 Å².